The van der Waals surface area contributed by atoms with Crippen LogP contribution in [0.3, 0.4) is 0 Å². The fourth-order valence-electron chi connectivity index (χ4n) is 2.76. The van der Waals surface area contributed by atoms with E-state index in [0.29, 0.717) is 11.3 Å². The molecule has 1 amide bonds. The van der Waals surface area contributed by atoms with Crippen molar-refractivity contribution in [3.8, 4) is 5.75 Å². The molecule has 0 bridgehead atoms. The Kier molecular flexibility index (Phi) is 5.07. The van der Waals surface area contributed by atoms with E-state index < -0.39 is 0 Å². The van der Waals surface area contributed by atoms with Crippen LogP contribution in [-0.2, 0) is 11.3 Å². The smallest absolute Gasteiger partial charge is 0.258 e. The van der Waals surface area contributed by atoms with Crippen LogP contribution in [0.5, 0.6) is 5.75 Å². The quantitative estimate of drug-likeness (QED) is 0.742. The summed E-state index contributed by atoms with van der Waals surface area (Å²) in [5, 5.41) is 3.69. The van der Waals surface area contributed by atoms with Crippen LogP contribution in [0.4, 0.5) is 0 Å². The highest BCUT2D eigenvalue weighted by Gasteiger charge is 2.08. The number of nitrogens with one attached hydrogen (secondary N) is 2. The summed E-state index contributed by atoms with van der Waals surface area (Å²) in [5.74, 6) is 0.407. The van der Waals surface area contributed by atoms with Gasteiger partial charge in [0.1, 0.15) is 5.75 Å². The number of hydrogen-bond donors (Lipinski definition) is 2. The molecule has 0 fully saturated rings. The van der Waals surface area contributed by atoms with Gasteiger partial charge in [-0.15, -0.1) is 0 Å². The van der Waals surface area contributed by atoms with Crippen molar-refractivity contribution in [2.75, 3.05) is 6.61 Å². The second-order valence-electron chi connectivity index (χ2n) is 6.48. The molecule has 2 aromatic carbocycles. The average Bonchev–Trinajstić information content (AvgIpc) is 2.61. The second kappa shape index (κ2) is 7.44. The van der Waals surface area contributed by atoms with E-state index in [1.165, 1.54) is 0 Å². The maximum Gasteiger partial charge on any atom is 0.258 e. The van der Waals surface area contributed by atoms with Crippen LogP contribution in [0.25, 0.3) is 10.9 Å². The summed E-state index contributed by atoms with van der Waals surface area (Å²) in [5.41, 5.74) is 4.38. The van der Waals surface area contributed by atoms with Crippen LogP contribution in [-0.4, -0.2) is 17.5 Å². The number of fused-ring (bicyclic) bond motifs is 1. The molecule has 26 heavy (non-hydrogen) atoms. The van der Waals surface area contributed by atoms with Gasteiger partial charge in [0.25, 0.3) is 11.5 Å². The van der Waals surface area contributed by atoms with Crippen molar-refractivity contribution in [2.24, 2.45) is 0 Å². The number of benzene rings is 2. The topological polar surface area (TPSA) is 71.2 Å². The fourth-order valence-corrected chi connectivity index (χ4v) is 2.76. The fraction of sp³-hybridized carbons (Fsp3) is 0.238. The van der Waals surface area contributed by atoms with Gasteiger partial charge in [-0.1, -0.05) is 18.2 Å². The monoisotopic (exact) mass is 350 g/mol. The Morgan fingerprint density at radius 2 is 1.77 bits per heavy atom. The van der Waals surface area contributed by atoms with Gasteiger partial charge in [-0.25, -0.2) is 0 Å². The highest BCUT2D eigenvalue weighted by molar-refractivity contribution is 5.81. The van der Waals surface area contributed by atoms with Gasteiger partial charge in [0.15, 0.2) is 6.61 Å². The Morgan fingerprint density at radius 1 is 1.04 bits per heavy atom. The van der Waals surface area contributed by atoms with Gasteiger partial charge in [0.2, 0.25) is 0 Å². The molecule has 3 aromatic rings. The summed E-state index contributed by atoms with van der Waals surface area (Å²) in [6, 6.07) is 13.3. The lowest BCUT2D eigenvalue weighted by atomic mass is 10.1. The number of hydrogen-bond acceptors (Lipinski definition) is 3. The normalized spacial score (nSPS) is 10.7. The zero-order chi connectivity index (χ0) is 18.7. The molecule has 5 heteroatoms. The number of para-hydroxylation sites is 1. The van der Waals surface area contributed by atoms with Crippen molar-refractivity contribution in [3.05, 3.63) is 75.1 Å². The van der Waals surface area contributed by atoms with Gasteiger partial charge in [0.05, 0.1) is 0 Å². The number of amides is 1. The Labute approximate surface area is 152 Å². The van der Waals surface area contributed by atoms with E-state index in [1.54, 1.807) is 0 Å². The van der Waals surface area contributed by atoms with Crippen molar-refractivity contribution < 1.29 is 9.53 Å². The lowest BCUT2D eigenvalue weighted by Gasteiger charge is -2.10. The minimum absolute atomic E-state index is 0.0886. The van der Waals surface area contributed by atoms with E-state index in [1.807, 2.05) is 63.2 Å². The van der Waals surface area contributed by atoms with E-state index in [-0.39, 0.29) is 24.6 Å². The molecular formula is C21H22N2O3. The minimum Gasteiger partial charge on any atom is -0.484 e. The molecule has 0 spiro atoms. The molecule has 2 N–H and O–H groups in total. The molecule has 0 aliphatic rings. The maximum absolute atomic E-state index is 12.2. The third kappa shape index (κ3) is 3.94. The van der Waals surface area contributed by atoms with E-state index >= 15 is 0 Å². The standard InChI is InChI=1S/C21H22N2O3/c1-13-6-4-5-7-19(13)26-12-20(24)22-11-17-10-16-8-14(2)15(3)9-18(16)23-21(17)25/h4-10H,11-12H2,1-3H3,(H,22,24)(H,23,25). The average molecular weight is 350 g/mol. The number of aryl methyl sites for hydroxylation is 3. The summed E-state index contributed by atoms with van der Waals surface area (Å²) in [6.07, 6.45) is 0. The second-order valence-corrected chi connectivity index (χ2v) is 6.48. The van der Waals surface area contributed by atoms with Crippen molar-refractivity contribution in [3.63, 3.8) is 0 Å². The summed E-state index contributed by atoms with van der Waals surface area (Å²) in [7, 11) is 0. The lowest BCUT2D eigenvalue weighted by molar-refractivity contribution is -0.123. The zero-order valence-electron chi connectivity index (χ0n) is 15.2. The Balaban J connectivity index is 1.66. The molecule has 134 valence electrons. The zero-order valence-corrected chi connectivity index (χ0v) is 15.2. The van der Waals surface area contributed by atoms with Crippen LogP contribution in [0, 0.1) is 20.8 Å². The number of aromatic amines is 1. The summed E-state index contributed by atoms with van der Waals surface area (Å²) < 4.78 is 5.52. The molecule has 1 heterocycles. The molecule has 0 aliphatic heterocycles. The lowest BCUT2D eigenvalue weighted by Crippen LogP contribution is -2.30. The molecule has 0 atom stereocenters. The molecule has 0 saturated heterocycles. The SMILES string of the molecule is Cc1cc2cc(CNC(=O)COc3ccccc3C)c(=O)[nH]c2cc1C. The molecule has 0 aliphatic carbocycles. The van der Waals surface area contributed by atoms with Gasteiger partial charge in [-0.05, 0) is 67.1 Å². The maximum atomic E-state index is 12.2. The Morgan fingerprint density at radius 3 is 2.54 bits per heavy atom. The van der Waals surface area contributed by atoms with E-state index in [0.717, 1.165) is 27.6 Å². The summed E-state index contributed by atoms with van der Waals surface area (Å²) in [4.78, 5) is 27.1. The van der Waals surface area contributed by atoms with Crippen LogP contribution in [0.15, 0.2) is 47.3 Å². The van der Waals surface area contributed by atoms with Crippen molar-refractivity contribution >= 4 is 16.8 Å². The molecule has 0 unspecified atom stereocenters. The Bertz CT molecular complexity index is 1020. The minimum atomic E-state index is -0.271. The van der Waals surface area contributed by atoms with Crippen LogP contribution in [0.1, 0.15) is 22.3 Å². The van der Waals surface area contributed by atoms with E-state index in [4.69, 9.17) is 4.74 Å². The third-order valence-corrected chi connectivity index (χ3v) is 4.46. The molecule has 5 nitrogen and oxygen atoms in total. The first kappa shape index (κ1) is 17.7. The van der Waals surface area contributed by atoms with Gasteiger partial charge in [0, 0.05) is 17.6 Å². The van der Waals surface area contributed by atoms with Gasteiger partial charge >= 0.3 is 0 Å². The number of carbonyl (C=O) groups excluding carboxylic acids is 1. The number of H-pyrrole nitrogens is 1. The van der Waals surface area contributed by atoms with Gasteiger partial charge in [-0.2, -0.15) is 0 Å². The van der Waals surface area contributed by atoms with Gasteiger partial charge < -0.3 is 15.0 Å². The molecule has 1 aromatic heterocycles. The summed E-state index contributed by atoms with van der Waals surface area (Å²) in [6.45, 7) is 6.04. The number of pyridine rings is 1. The van der Waals surface area contributed by atoms with Crippen LogP contribution in [0.2, 0.25) is 0 Å². The van der Waals surface area contributed by atoms with Crippen molar-refractivity contribution in [1.82, 2.24) is 10.3 Å². The largest absolute Gasteiger partial charge is 0.484 e. The van der Waals surface area contributed by atoms with E-state index in [2.05, 4.69) is 10.3 Å². The first-order valence-electron chi connectivity index (χ1n) is 8.52. The van der Waals surface area contributed by atoms with Crippen LogP contribution < -0.4 is 15.6 Å². The van der Waals surface area contributed by atoms with Crippen LogP contribution >= 0.6 is 0 Å². The first-order valence-corrected chi connectivity index (χ1v) is 8.52. The predicted octanol–water partition coefficient (Wildman–Crippen LogP) is 3.15. The van der Waals surface area contributed by atoms with Crippen molar-refractivity contribution in [1.29, 1.82) is 0 Å². The predicted molar refractivity (Wildman–Crippen MR) is 103 cm³/mol. The Hall–Kier alpha value is -3.08. The first-order chi connectivity index (χ1) is 12.4. The number of carbonyl (C=O) groups is 1. The molecule has 0 saturated carbocycles. The number of rotatable bonds is 5. The van der Waals surface area contributed by atoms with E-state index in [9.17, 15) is 9.59 Å². The van der Waals surface area contributed by atoms with Crippen molar-refractivity contribution in [2.45, 2.75) is 27.3 Å². The number of ether oxygens (including phenoxy) is 1. The number of aromatic nitrogens is 1. The molecule has 0 radical (unpaired) electrons. The van der Waals surface area contributed by atoms with Gasteiger partial charge in [-0.3, -0.25) is 9.59 Å². The highest BCUT2D eigenvalue weighted by Crippen LogP contribution is 2.17. The molecule has 3 rings (SSSR count). The highest BCUT2D eigenvalue weighted by atomic mass is 16.5. The molecular weight excluding hydrogens is 328 g/mol. The summed E-state index contributed by atoms with van der Waals surface area (Å²) >= 11 is 0. The third-order valence-electron chi connectivity index (χ3n) is 4.46.